The van der Waals surface area contributed by atoms with Crippen LogP contribution in [0.1, 0.15) is 56.6 Å². The van der Waals surface area contributed by atoms with Gasteiger partial charge in [0.25, 0.3) is 0 Å². The molecule has 0 spiro atoms. The highest BCUT2D eigenvalue weighted by Gasteiger charge is 2.15. The van der Waals surface area contributed by atoms with Crippen LogP contribution in [0.4, 0.5) is 4.39 Å². The Labute approximate surface area is 206 Å². The van der Waals surface area contributed by atoms with E-state index in [1.807, 2.05) is 49.4 Å². The van der Waals surface area contributed by atoms with E-state index in [9.17, 15) is 9.18 Å². The smallest absolute Gasteiger partial charge is 0.303 e. The molecule has 0 aliphatic carbocycles. The van der Waals surface area contributed by atoms with Crippen LogP contribution in [0.5, 0.6) is 17.2 Å². The average molecular weight is 481 g/mol. The number of rotatable bonds is 13. The van der Waals surface area contributed by atoms with E-state index in [2.05, 4.69) is 6.92 Å². The van der Waals surface area contributed by atoms with Crippen LogP contribution in [0.15, 0.2) is 60.7 Å². The van der Waals surface area contributed by atoms with Crippen LogP contribution >= 0.6 is 0 Å². The van der Waals surface area contributed by atoms with Crippen LogP contribution in [0.3, 0.4) is 0 Å². The number of halogens is 1. The second-order valence-corrected chi connectivity index (χ2v) is 8.59. The zero-order valence-corrected chi connectivity index (χ0v) is 20.6. The summed E-state index contributed by atoms with van der Waals surface area (Å²) in [7, 11) is 1.55. The second kappa shape index (κ2) is 12.8. The molecule has 6 heteroatoms. The van der Waals surface area contributed by atoms with E-state index in [0.29, 0.717) is 41.6 Å². The standard InChI is InChI=1S/C29H33FO5/c1-4-5-6-14-34-28-16-21(10-12-25(28)26-18-23(33-3)11-13-27(26)30)19-35-24-9-7-8-22(17-24)20(2)15-29(31)32/h7-13,16-18,20H,4-6,14-15,19H2,1-3H3,(H,31,32)/t20-/m1/s1. The SMILES string of the molecule is CCCCCOc1cc(COc2cccc([C@H](C)CC(=O)O)c2)ccc1-c1cc(OC)ccc1F. The molecule has 0 radical (unpaired) electrons. The molecule has 0 bridgehead atoms. The summed E-state index contributed by atoms with van der Waals surface area (Å²) in [4.78, 5) is 11.0. The molecule has 1 N–H and O–H groups in total. The molecule has 0 saturated heterocycles. The Morgan fingerprint density at radius 3 is 2.54 bits per heavy atom. The first kappa shape index (κ1) is 26.1. The van der Waals surface area contributed by atoms with Crippen LogP contribution in [0.2, 0.25) is 0 Å². The highest BCUT2D eigenvalue weighted by Crippen LogP contribution is 2.35. The summed E-state index contributed by atoms with van der Waals surface area (Å²) in [5, 5.41) is 9.06. The van der Waals surface area contributed by atoms with Gasteiger partial charge < -0.3 is 19.3 Å². The number of hydrogen-bond donors (Lipinski definition) is 1. The minimum atomic E-state index is -0.831. The van der Waals surface area contributed by atoms with Crippen molar-refractivity contribution >= 4 is 5.97 Å². The zero-order chi connectivity index (χ0) is 25.2. The lowest BCUT2D eigenvalue weighted by Crippen LogP contribution is -2.04. The number of hydrogen-bond acceptors (Lipinski definition) is 4. The first-order valence-corrected chi connectivity index (χ1v) is 12.0. The average Bonchev–Trinajstić information content (AvgIpc) is 2.86. The van der Waals surface area contributed by atoms with Gasteiger partial charge in [-0.2, -0.15) is 0 Å². The normalized spacial score (nSPS) is 11.7. The molecule has 5 nitrogen and oxygen atoms in total. The molecule has 0 fully saturated rings. The molecule has 1 atom stereocenters. The maximum absolute atomic E-state index is 14.7. The lowest BCUT2D eigenvalue weighted by atomic mass is 9.98. The lowest BCUT2D eigenvalue weighted by molar-refractivity contribution is -0.137. The molecule has 186 valence electrons. The summed E-state index contributed by atoms with van der Waals surface area (Å²) in [6.45, 7) is 4.85. The van der Waals surface area contributed by atoms with E-state index in [0.717, 1.165) is 30.4 Å². The van der Waals surface area contributed by atoms with E-state index in [-0.39, 0.29) is 18.2 Å². The minimum absolute atomic E-state index is 0.0600. The van der Waals surface area contributed by atoms with Crippen molar-refractivity contribution in [3.8, 4) is 28.4 Å². The Morgan fingerprint density at radius 2 is 1.80 bits per heavy atom. The number of carboxylic acid groups (broad SMARTS) is 1. The molecule has 35 heavy (non-hydrogen) atoms. The Bertz CT molecular complexity index is 1130. The van der Waals surface area contributed by atoms with Gasteiger partial charge in [0.15, 0.2) is 0 Å². The summed E-state index contributed by atoms with van der Waals surface area (Å²) in [5.74, 6) is 0.536. The summed E-state index contributed by atoms with van der Waals surface area (Å²) in [6, 6.07) is 17.8. The van der Waals surface area contributed by atoms with E-state index in [1.54, 1.807) is 19.2 Å². The fraction of sp³-hybridized carbons (Fsp3) is 0.345. The Morgan fingerprint density at radius 1 is 0.971 bits per heavy atom. The van der Waals surface area contributed by atoms with Crippen LogP contribution in [0, 0.1) is 5.82 Å². The quantitative estimate of drug-likeness (QED) is 0.262. The summed E-state index contributed by atoms with van der Waals surface area (Å²) in [5.41, 5.74) is 2.87. The van der Waals surface area contributed by atoms with E-state index < -0.39 is 5.97 Å². The van der Waals surface area contributed by atoms with Crippen LogP contribution in [0.25, 0.3) is 11.1 Å². The molecule has 0 aliphatic rings. The maximum atomic E-state index is 14.7. The fourth-order valence-corrected chi connectivity index (χ4v) is 3.83. The molecule has 3 rings (SSSR count). The predicted molar refractivity (Wildman–Crippen MR) is 135 cm³/mol. The van der Waals surface area contributed by atoms with Crippen molar-refractivity contribution in [2.75, 3.05) is 13.7 Å². The van der Waals surface area contributed by atoms with Gasteiger partial charge in [0.2, 0.25) is 0 Å². The van der Waals surface area contributed by atoms with Crippen molar-refractivity contribution < 1.29 is 28.5 Å². The monoisotopic (exact) mass is 480 g/mol. The zero-order valence-electron chi connectivity index (χ0n) is 20.6. The van der Waals surface area contributed by atoms with Gasteiger partial charge in [0, 0.05) is 11.1 Å². The number of unbranched alkanes of at least 4 members (excludes halogenated alkanes) is 2. The Balaban J connectivity index is 1.81. The molecule has 0 saturated carbocycles. The second-order valence-electron chi connectivity index (χ2n) is 8.59. The van der Waals surface area contributed by atoms with Gasteiger partial charge in [-0.3, -0.25) is 4.79 Å². The van der Waals surface area contributed by atoms with Gasteiger partial charge in [-0.15, -0.1) is 0 Å². The number of aliphatic carboxylic acids is 1. The number of carboxylic acids is 1. The highest BCUT2D eigenvalue weighted by molar-refractivity contribution is 5.72. The number of benzene rings is 3. The molecular weight excluding hydrogens is 447 g/mol. The summed E-state index contributed by atoms with van der Waals surface area (Å²) >= 11 is 0. The van der Waals surface area contributed by atoms with Gasteiger partial charge in [0.05, 0.1) is 20.1 Å². The molecule has 0 amide bonds. The Kier molecular flexibility index (Phi) is 9.53. The third-order valence-corrected chi connectivity index (χ3v) is 5.83. The minimum Gasteiger partial charge on any atom is -0.497 e. The largest absolute Gasteiger partial charge is 0.497 e. The number of carbonyl (C=O) groups is 1. The molecule has 0 unspecified atom stereocenters. The van der Waals surface area contributed by atoms with Crippen molar-refractivity contribution in [2.24, 2.45) is 0 Å². The van der Waals surface area contributed by atoms with Gasteiger partial charge >= 0.3 is 5.97 Å². The third-order valence-electron chi connectivity index (χ3n) is 5.83. The van der Waals surface area contributed by atoms with E-state index in [1.165, 1.54) is 6.07 Å². The van der Waals surface area contributed by atoms with Gasteiger partial charge in [-0.25, -0.2) is 4.39 Å². The molecule has 3 aromatic rings. The predicted octanol–water partition coefficient (Wildman–Crippen LogP) is 7.23. The van der Waals surface area contributed by atoms with Crippen molar-refractivity contribution in [3.63, 3.8) is 0 Å². The first-order chi connectivity index (χ1) is 16.9. The number of methoxy groups -OCH3 is 1. The fourth-order valence-electron chi connectivity index (χ4n) is 3.83. The van der Waals surface area contributed by atoms with Crippen LogP contribution in [-0.2, 0) is 11.4 Å². The summed E-state index contributed by atoms with van der Waals surface area (Å²) in [6.07, 6.45) is 3.12. The first-order valence-electron chi connectivity index (χ1n) is 12.0. The van der Waals surface area contributed by atoms with Crippen molar-refractivity contribution in [1.29, 1.82) is 0 Å². The van der Waals surface area contributed by atoms with E-state index >= 15 is 0 Å². The van der Waals surface area contributed by atoms with Crippen molar-refractivity contribution in [2.45, 2.75) is 52.1 Å². The van der Waals surface area contributed by atoms with E-state index in [4.69, 9.17) is 19.3 Å². The van der Waals surface area contributed by atoms with Gasteiger partial charge in [0.1, 0.15) is 29.7 Å². The molecule has 0 aromatic heterocycles. The molecule has 3 aromatic carbocycles. The molecular formula is C29H33FO5. The van der Waals surface area contributed by atoms with Crippen molar-refractivity contribution in [3.05, 3.63) is 77.6 Å². The van der Waals surface area contributed by atoms with Gasteiger partial charge in [-0.1, -0.05) is 51.0 Å². The maximum Gasteiger partial charge on any atom is 0.303 e. The summed E-state index contributed by atoms with van der Waals surface area (Å²) < 4.78 is 32.1. The lowest BCUT2D eigenvalue weighted by Gasteiger charge is -2.16. The molecule has 0 aliphatic heterocycles. The van der Waals surface area contributed by atoms with Crippen LogP contribution < -0.4 is 14.2 Å². The highest BCUT2D eigenvalue weighted by atomic mass is 19.1. The topological polar surface area (TPSA) is 65.0 Å². The third kappa shape index (κ3) is 7.47. The Hall–Kier alpha value is -3.54. The molecule has 0 heterocycles. The van der Waals surface area contributed by atoms with Gasteiger partial charge in [-0.05, 0) is 59.9 Å². The number of ether oxygens (including phenoxy) is 3. The van der Waals surface area contributed by atoms with Crippen molar-refractivity contribution in [1.82, 2.24) is 0 Å². The van der Waals surface area contributed by atoms with Crippen LogP contribution in [-0.4, -0.2) is 24.8 Å².